The van der Waals surface area contributed by atoms with Crippen LogP contribution in [0.15, 0.2) is 11.6 Å². The second kappa shape index (κ2) is 7.82. The van der Waals surface area contributed by atoms with E-state index in [0.717, 1.165) is 44.9 Å². The first-order valence-electron chi connectivity index (χ1n) is 14.4. The van der Waals surface area contributed by atoms with Crippen LogP contribution in [-0.4, -0.2) is 33.5 Å². The number of hydrogen-bond acceptors (Lipinski definition) is 3. The molecule has 0 radical (unpaired) electrons. The van der Waals surface area contributed by atoms with Crippen LogP contribution in [0.4, 0.5) is 0 Å². The number of carbonyl (C=O) groups is 1. The molecule has 0 aromatic rings. The molecule has 0 bridgehead atoms. The fourth-order valence-electron chi connectivity index (χ4n) is 11.2. The Hall–Kier alpha value is -0.870. The van der Waals surface area contributed by atoms with Gasteiger partial charge in [-0.2, -0.15) is 0 Å². The number of aliphatic carboxylic acids is 1. The normalized spacial score (nSPS) is 55.0. The number of hydrogen-bond donors (Lipinski definition) is 3. The van der Waals surface area contributed by atoms with Crippen molar-refractivity contribution < 1.29 is 20.1 Å². The van der Waals surface area contributed by atoms with E-state index in [1.165, 1.54) is 0 Å². The highest BCUT2D eigenvalue weighted by Gasteiger charge is 2.70. The van der Waals surface area contributed by atoms with Gasteiger partial charge >= 0.3 is 5.97 Å². The highest BCUT2D eigenvalue weighted by atomic mass is 16.4. The zero-order valence-corrected chi connectivity index (χ0v) is 23.2. The summed E-state index contributed by atoms with van der Waals surface area (Å²) in [6.07, 6.45) is 9.74. The molecule has 3 N–H and O–H groups in total. The molecule has 5 aliphatic carbocycles. The first-order valence-corrected chi connectivity index (χ1v) is 14.4. The van der Waals surface area contributed by atoms with E-state index in [2.05, 4.69) is 54.5 Å². The van der Waals surface area contributed by atoms with Gasteiger partial charge in [0.05, 0.1) is 18.6 Å². The maximum atomic E-state index is 12.1. The lowest BCUT2D eigenvalue weighted by atomic mass is 9.33. The minimum atomic E-state index is -0.639. The van der Waals surface area contributed by atoms with Gasteiger partial charge in [-0.1, -0.05) is 60.1 Å². The molecule has 0 amide bonds. The maximum absolute atomic E-state index is 12.1. The van der Waals surface area contributed by atoms with Gasteiger partial charge in [0.15, 0.2) is 0 Å². The smallest absolute Gasteiger partial charge is 0.303 e. The van der Waals surface area contributed by atoms with Crippen LogP contribution in [0, 0.1) is 56.7 Å². The van der Waals surface area contributed by atoms with Crippen LogP contribution < -0.4 is 0 Å². The van der Waals surface area contributed by atoms with Crippen LogP contribution in [0.5, 0.6) is 0 Å². The Morgan fingerprint density at radius 3 is 2.29 bits per heavy atom. The molecule has 5 aliphatic rings. The SMILES string of the molecule is C[C@H]1[C@H](C)CC[C@]2(CC(=O)O)CC[C@]3(C)C(=CC[C@@H]4[C@@]5(C)C(O)C[C@@H](O)C(C)(C)[C@@H]5CC[C@]43C)[C@H]12. The van der Waals surface area contributed by atoms with Crippen molar-refractivity contribution in [1.82, 2.24) is 0 Å². The summed E-state index contributed by atoms with van der Waals surface area (Å²) in [5, 5.41) is 32.4. The van der Waals surface area contributed by atoms with Crippen molar-refractivity contribution in [2.75, 3.05) is 0 Å². The lowest BCUT2D eigenvalue weighted by Crippen LogP contribution is -2.68. The third-order valence-electron chi connectivity index (χ3n) is 13.8. The van der Waals surface area contributed by atoms with Gasteiger partial charge < -0.3 is 15.3 Å². The average Bonchev–Trinajstić information content (AvgIpc) is 2.76. The average molecular weight is 487 g/mol. The van der Waals surface area contributed by atoms with E-state index >= 15 is 0 Å². The zero-order valence-electron chi connectivity index (χ0n) is 23.2. The van der Waals surface area contributed by atoms with Crippen molar-refractivity contribution in [3.8, 4) is 0 Å². The van der Waals surface area contributed by atoms with E-state index in [0.29, 0.717) is 42.4 Å². The Morgan fingerprint density at radius 1 is 0.943 bits per heavy atom. The molecular weight excluding hydrogens is 436 g/mol. The van der Waals surface area contributed by atoms with Crippen LogP contribution >= 0.6 is 0 Å². The van der Waals surface area contributed by atoms with Crippen molar-refractivity contribution in [3.63, 3.8) is 0 Å². The topological polar surface area (TPSA) is 77.8 Å². The second-order valence-corrected chi connectivity index (χ2v) is 15.0. The summed E-state index contributed by atoms with van der Waals surface area (Å²) < 4.78 is 0. The molecule has 11 atom stereocenters. The van der Waals surface area contributed by atoms with Crippen molar-refractivity contribution in [2.24, 2.45) is 56.7 Å². The summed E-state index contributed by atoms with van der Waals surface area (Å²) in [5.74, 6) is 1.49. The van der Waals surface area contributed by atoms with E-state index in [4.69, 9.17) is 0 Å². The number of allylic oxidation sites excluding steroid dienone is 2. The van der Waals surface area contributed by atoms with Crippen LogP contribution in [0.3, 0.4) is 0 Å². The minimum absolute atomic E-state index is 0.0296. The van der Waals surface area contributed by atoms with Gasteiger partial charge in [-0.05, 0) is 96.2 Å². The van der Waals surface area contributed by atoms with Crippen LogP contribution in [0.25, 0.3) is 0 Å². The molecule has 0 saturated heterocycles. The first kappa shape index (κ1) is 25.8. The van der Waals surface area contributed by atoms with E-state index in [1.54, 1.807) is 5.57 Å². The van der Waals surface area contributed by atoms with Crippen molar-refractivity contribution in [1.29, 1.82) is 0 Å². The summed E-state index contributed by atoms with van der Waals surface area (Å²) in [6, 6.07) is 0. The van der Waals surface area contributed by atoms with Crippen LogP contribution in [-0.2, 0) is 4.79 Å². The Morgan fingerprint density at radius 2 is 1.63 bits per heavy atom. The third kappa shape index (κ3) is 3.14. The number of rotatable bonds is 2. The predicted octanol–water partition coefficient (Wildman–Crippen LogP) is 6.45. The van der Waals surface area contributed by atoms with E-state index in [1.807, 2.05) is 0 Å². The Bertz CT molecular complexity index is 923. The highest BCUT2D eigenvalue weighted by Crippen LogP contribution is 2.76. The van der Waals surface area contributed by atoms with Crippen molar-refractivity contribution in [2.45, 2.75) is 118 Å². The Labute approximate surface area is 213 Å². The number of aliphatic hydroxyl groups is 2. The molecule has 198 valence electrons. The van der Waals surface area contributed by atoms with Gasteiger partial charge in [-0.15, -0.1) is 0 Å². The molecule has 4 fully saturated rings. The van der Waals surface area contributed by atoms with Crippen molar-refractivity contribution >= 4 is 5.97 Å². The molecule has 0 heterocycles. The Balaban J connectivity index is 1.62. The summed E-state index contributed by atoms with van der Waals surface area (Å²) in [6.45, 7) is 16.5. The monoisotopic (exact) mass is 486 g/mol. The molecule has 5 rings (SSSR count). The summed E-state index contributed by atoms with van der Waals surface area (Å²) in [4.78, 5) is 12.1. The number of fused-ring (bicyclic) bond motifs is 7. The number of aliphatic hydroxyl groups excluding tert-OH is 2. The van der Waals surface area contributed by atoms with Crippen LogP contribution in [0.2, 0.25) is 0 Å². The molecule has 1 unspecified atom stereocenters. The molecular formula is C31H50O4. The predicted molar refractivity (Wildman–Crippen MR) is 139 cm³/mol. The lowest BCUT2D eigenvalue weighted by molar-refractivity contribution is -0.244. The standard InChI is InChI=1S/C31H50O4/c1-18-10-13-31(17-25(34)35)15-14-28(5)20(26(31)19(18)2)8-9-22-29(28,6)12-11-21-27(3,4)23(32)16-24(33)30(21,22)7/h8,18-19,21-24,26,32-33H,9-17H2,1-7H3,(H,34,35)/t18-,19+,21+,22+,23-,24?,26+,28-,29-,30+,31-/m1/s1. The van der Waals surface area contributed by atoms with Gasteiger partial charge in [-0.25, -0.2) is 0 Å². The second-order valence-electron chi connectivity index (χ2n) is 15.0. The van der Waals surface area contributed by atoms with Gasteiger partial charge in [-0.3, -0.25) is 4.79 Å². The van der Waals surface area contributed by atoms with Gasteiger partial charge in [0.25, 0.3) is 0 Å². The first-order chi connectivity index (χ1) is 16.1. The summed E-state index contributed by atoms with van der Waals surface area (Å²) in [5.41, 5.74) is 1.14. The molecule has 4 nitrogen and oxygen atoms in total. The quantitative estimate of drug-likeness (QED) is 0.392. The third-order valence-corrected chi connectivity index (χ3v) is 13.8. The lowest BCUT2D eigenvalue weighted by Gasteiger charge is -2.72. The molecule has 0 aromatic heterocycles. The fourth-order valence-corrected chi connectivity index (χ4v) is 11.2. The fraction of sp³-hybridized carbons (Fsp3) is 0.903. The molecule has 35 heavy (non-hydrogen) atoms. The number of carboxylic acids is 1. The van der Waals surface area contributed by atoms with E-state index in [9.17, 15) is 20.1 Å². The molecule has 0 aliphatic heterocycles. The largest absolute Gasteiger partial charge is 0.481 e. The van der Waals surface area contributed by atoms with E-state index < -0.39 is 18.2 Å². The van der Waals surface area contributed by atoms with Gasteiger partial charge in [0.1, 0.15) is 0 Å². The van der Waals surface area contributed by atoms with Crippen molar-refractivity contribution in [3.05, 3.63) is 11.6 Å². The molecule has 4 heteroatoms. The highest BCUT2D eigenvalue weighted by molar-refractivity contribution is 5.68. The Kier molecular flexibility index (Phi) is 5.76. The summed E-state index contributed by atoms with van der Waals surface area (Å²) in [7, 11) is 0. The summed E-state index contributed by atoms with van der Waals surface area (Å²) >= 11 is 0. The van der Waals surface area contributed by atoms with E-state index in [-0.39, 0.29) is 27.1 Å². The maximum Gasteiger partial charge on any atom is 0.303 e. The zero-order chi connectivity index (χ0) is 25.8. The van der Waals surface area contributed by atoms with Gasteiger partial charge in [0, 0.05) is 11.8 Å². The molecule has 4 saturated carbocycles. The number of carboxylic acid groups (broad SMARTS) is 1. The molecule has 0 spiro atoms. The minimum Gasteiger partial charge on any atom is -0.481 e. The van der Waals surface area contributed by atoms with Crippen LogP contribution in [0.1, 0.15) is 106 Å². The van der Waals surface area contributed by atoms with Gasteiger partial charge in [0.2, 0.25) is 0 Å². The molecule has 0 aromatic carbocycles.